The van der Waals surface area contributed by atoms with Gasteiger partial charge in [-0.1, -0.05) is 23.7 Å². The first-order valence-corrected chi connectivity index (χ1v) is 12.1. The topological polar surface area (TPSA) is 120 Å². The monoisotopic (exact) mass is 512 g/mol. The minimum atomic E-state index is -3.93. The van der Waals surface area contributed by atoms with E-state index in [0.29, 0.717) is 5.02 Å². The minimum absolute atomic E-state index is 0.00463. The predicted octanol–water partition coefficient (Wildman–Crippen LogP) is 1.85. The molecule has 0 spiro atoms. The van der Waals surface area contributed by atoms with Crippen molar-refractivity contribution in [2.75, 3.05) is 47.1 Å². The molecule has 1 aliphatic rings. The Labute approximate surface area is 202 Å². The molecule has 0 aromatic heterocycles. The second kappa shape index (κ2) is 11.5. The highest BCUT2D eigenvalue weighted by molar-refractivity contribution is 7.89. The lowest BCUT2D eigenvalue weighted by Gasteiger charge is -2.26. The fourth-order valence-corrected chi connectivity index (χ4v) is 4.82. The highest BCUT2D eigenvalue weighted by atomic mass is 35.5. The smallest absolute Gasteiger partial charge is 0.342 e. The third-order valence-corrected chi connectivity index (χ3v) is 7.15. The summed E-state index contributed by atoms with van der Waals surface area (Å²) in [5, 5.41) is 3.20. The third kappa shape index (κ3) is 6.17. The molecule has 0 unspecified atom stereocenters. The van der Waals surface area contributed by atoms with Gasteiger partial charge in [0.05, 0.1) is 32.3 Å². The van der Waals surface area contributed by atoms with E-state index in [9.17, 15) is 18.0 Å². The number of rotatable bonds is 9. The number of amides is 1. The zero-order valence-electron chi connectivity index (χ0n) is 18.7. The van der Waals surface area contributed by atoms with Crippen LogP contribution in [0.5, 0.6) is 11.5 Å². The van der Waals surface area contributed by atoms with Gasteiger partial charge in [0.25, 0.3) is 5.91 Å². The van der Waals surface area contributed by atoms with E-state index in [2.05, 4.69) is 5.32 Å². The minimum Gasteiger partial charge on any atom is -0.493 e. The summed E-state index contributed by atoms with van der Waals surface area (Å²) in [6.45, 7) is 0.559. The van der Waals surface area contributed by atoms with Crippen LogP contribution in [0.25, 0.3) is 0 Å². The Morgan fingerprint density at radius 2 is 1.76 bits per heavy atom. The number of hydrogen-bond donors (Lipinski definition) is 1. The number of nitrogens with one attached hydrogen (secondary N) is 1. The molecule has 184 valence electrons. The molecule has 2 aromatic carbocycles. The zero-order valence-corrected chi connectivity index (χ0v) is 20.3. The lowest BCUT2D eigenvalue weighted by molar-refractivity contribution is -0.124. The van der Waals surface area contributed by atoms with Crippen molar-refractivity contribution in [1.82, 2.24) is 9.62 Å². The summed E-state index contributed by atoms with van der Waals surface area (Å²) in [6, 6.07) is 9.33. The quantitative estimate of drug-likeness (QED) is 0.505. The Balaban J connectivity index is 1.74. The first-order chi connectivity index (χ1) is 16.3. The number of benzene rings is 2. The van der Waals surface area contributed by atoms with Crippen molar-refractivity contribution in [3.05, 3.63) is 52.5 Å². The molecule has 3 rings (SSSR count). The molecule has 34 heavy (non-hydrogen) atoms. The molecule has 1 aliphatic heterocycles. The average molecular weight is 513 g/mol. The van der Waals surface area contributed by atoms with Gasteiger partial charge in [-0.15, -0.1) is 0 Å². The van der Waals surface area contributed by atoms with Crippen LogP contribution >= 0.6 is 11.6 Å². The standard InChI is InChI=1S/C22H25ClN2O8S/c1-30-19-12-17(34(28,29)25-7-9-32-10-8-25)11-18(21(19)31-2)22(27)33-14-20(26)24-13-15-3-5-16(23)6-4-15/h3-6,11-12H,7-10,13-14H2,1-2H3,(H,24,26). The molecule has 0 radical (unpaired) electrons. The molecular formula is C22H25ClN2O8S. The van der Waals surface area contributed by atoms with E-state index in [0.717, 1.165) is 11.6 Å². The van der Waals surface area contributed by atoms with Crippen molar-refractivity contribution in [1.29, 1.82) is 0 Å². The van der Waals surface area contributed by atoms with Gasteiger partial charge in [-0.2, -0.15) is 4.31 Å². The lowest BCUT2D eigenvalue weighted by atomic mass is 10.2. The highest BCUT2D eigenvalue weighted by Crippen LogP contribution is 2.35. The first-order valence-electron chi connectivity index (χ1n) is 10.3. The average Bonchev–Trinajstić information content (AvgIpc) is 2.86. The van der Waals surface area contributed by atoms with Gasteiger partial charge in [-0.05, 0) is 23.8 Å². The van der Waals surface area contributed by atoms with Crippen LogP contribution in [0, 0.1) is 0 Å². The number of methoxy groups -OCH3 is 2. The summed E-state index contributed by atoms with van der Waals surface area (Å²) >= 11 is 5.84. The fourth-order valence-electron chi connectivity index (χ4n) is 3.24. The molecular weight excluding hydrogens is 488 g/mol. The van der Waals surface area contributed by atoms with Gasteiger partial charge in [0.15, 0.2) is 18.1 Å². The zero-order chi connectivity index (χ0) is 24.7. The van der Waals surface area contributed by atoms with Gasteiger partial charge in [-0.25, -0.2) is 13.2 Å². The third-order valence-electron chi connectivity index (χ3n) is 5.02. The molecule has 0 aliphatic carbocycles. The molecule has 2 aromatic rings. The van der Waals surface area contributed by atoms with Crippen molar-refractivity contribution < 1.29 is 37.0 Å². The Morgan fingerprint density at radius 1 is 1.09 bits per heavy atom. The number of carbonyl (C=O) groups is 2. The van der Waals surface area contributed by atoms with Crippen molar-refractivity contribution in [3.63, 3.8) is 0 Å². The number of esters is 1. The van der Waals surface area contributed by atoms with E-state index in [1.165, 1.54) is 24.6 Å². The van der Waals surface area contributed by atoms with Crippen molar-refractivity contribution >= 4 is 33.5 Å². The van der Waals surface area contributed by atoms with E-state index in [4.69, 9.17) is 30.5 Å². The Kier molecular flexibility index (Phi) is 8.72. The molecule has 10 nitrogen and oxygen atoms in total. The molecule has 1 saturated heterocycles. The van der Waals surface area contributed by atoms with Crippen LogP contribution in [-0.2, 0) is 30.8 Å². The normalized spacial score (nSPS) is 14.3. The SMILES string of the molecule is COc1cc(S(=O)(=O)N2CCOCC2)cc(C(=O)OCC(=O)NCc2ccc(Cl)cc2)c1OC. The van der Waals surface area contributed by atoms with Crippen LogP contribution in [0.1, 0.15) is 15.9 Å². The van der Waals surface area contributed by atoms with Crippen LogP contribution in [0.4, 0.5) is 0 Å². The summed E-state index contributed by atoms with van der Waals surface area (Å²) < 4.78 is 48.3. The number of halogens is 1. The summed E-state index contributed by atoms with van der Waals surface area (Å²) in [5.41, 5.74) is 0.635. The van der Waals surface area contributed by atoms with Gasteiger partial charge >= 0.3 is 5.97 Å². The summed E-state index contributed by atoms with van der Waals surface area (Å²) in [4.78, 5) is 24.8. The van der Waals surface area contributed by atoms with Gasteiger partial charge in [0.2, 0.25) is 10.0 Å². The van der Waals surface area contributed by atoms with E-state index in [1.54, 1.807) is 24.3 Å². The highest BCUT2D eigenvalue weighted by Gasteiger charge is 2.30. The van der Waals surface area contributed by atoms with Crippen LogP contribution in [0.3, 0.4) is 0 Å². The van der Waals surface area contributed by atoms with E-state index in [1.807, 2.05) is 0 Å². The molecule has 1 amide bonds. The van der Waals surface area contributed by atoms with Crippen LogP contribution < -0.4 is 14.8 Å². The fraction of sp³-hybridized carbons (Fsp3) is 0.364. The molecule has 12 heteroatoms. The Bertz CT molecular complexity index is 1130. The van der Waals surface area contributed by atoms with Gasteiger partial charge in [0, 0.05) is 30.7 Å². The second-order valence-corrected chi connectivity index (χ2v) is 9.58. The molecule has 1 heterocycles. The molecule has 0 atom stereocenters. The van der Waals surface area contributed by atoms with E-state index >= 15 is 0 Å². The van der Waals surface area contributed by atoms with E-state index < -0.39 is 28.5 Å². The number of nitrogens with zero attached hydrogens (tertiary/aromatic N) is 1. The van der Waals surface area contributed by atoms with Crippen LogP contribution in [-0.4, -0.2) is 71.7 Å². The van der Waals surface area contributed by atoms with Crippen LogP contribution in [0.15, 0.2) is 41.3 Å². The molecule has 1 fully saturated rings. The maximum atomic E-state index is 13.1. The van der Waals surface area contributed by atoms with Crippen molar-refractivity contribution in [2.24, 2.45) is 0 Å². The Hall–Kier alpha value is -2.86. The molecule has 0 saturated carbocycles. The van der Waals surface area contributed by atoms with Crippen molar-refractivity contribution in [2.45, 2.75) is 11.4 Å². The number of carbonyl (C=O) groups excluding carboxylic acids is 2. The first kappa shape index (κ1) is 25.8. The number of sulfonamides is 1. The summed E-state index contributed by atoms with van der Waals surface area (Å²) in [7, 11) is -1.30. The van der Waals surface area contributed by atoms with Gasteiger partial charge in [-0.3, -0.25) is 4.79 Å². The number of morpholine rings is 1. The maximum absolute atomic E-state index is 13.1. The second-order valence-electron chi connectivity index (χ2n) is 7.20. The summed E-state index contributed by atoms with van der Waals surface area (Å²) in [6.07, 6.45) is 0. The van der Waals surface area contributed by atoms with Gasteiger partial charge < -0.3 is 24.3 Å². The van der Waals surface area contributed by atoms with E-state index in [-0.39, 0.29) is 54.8 Å². The number of ether oxygens (including phenoxy) is 4. The van der Waals surface area contributed by atoms with Crippen molar-refractivity contribution in [3.8, 4) is 11.5 Å². The summed E-state index contributed by atoms with van der Waals surface area (Å²) in [5.74, 6) is -1.44. The predicted molar refractivity (Wildman–Crippen MR) is 123 cm³/mol. The maximum Gasteiger partial charge on any atom is 0.342 e. The largest absolute Gasteiger partial charge is 0.493 e. The molecule has 0 bridgehead atoms. The Morgan fingerprint density at radius 3 is 2.38 bits per heavy atom. The van der Waals surface area contributed by atoms with Crippen LogP contribution in [0.2, 0.25) is 5.02 Å². The lowest BCUT2D eigenvalue weighted by Crippen LogP contribution is -2.40. The number of hydrogen-bond acceptors (Lipinski definition) is 8. The van der Waals surface area contributed by atoms with Gasteiger partial charge in [0.1, 0.15) is 5.56 Å². The molecule has 1 N–H and O–H groups in total.